The zero-order chi connectivity index (χ0) is 14.2. The molecular weight excluding hydrogens is 284 g/mol. The van der Waals surface area contributed by atoms with Gasteiger partial charge in [0.15, 0.2) is 0 Å². The van der Waals surface area contributed by atoms with Gasteiger partial charge in [-0.25, -0.2) is 0 Å². The summed E-state index contributed by atoms with van der Waals surface area (Å²) >= 11 is 1.99. The van der Waals surface area contributed by atoms with E-state index < -0.39 is 0 Å². The molecule has 4 heterocycles. The highest BCUT2D eigenvalue weighted by atomic mass is 32.2. The minimum atomic E-state index is 0.232. The maximum atomic E-state index is 13.1. The Labute approximate surface area is 131 Å². The highest BCUT2D eigenvalue weighted by Crippen LogP contribution is 2.36. The number of hydrogen-bond donors (Lipinski definition) is 1. The van der Waals surface area contributed by atoms with E-state index in [1.54, 1.807) is 0 Å². The molecule has 0 saturated carbocycles. The van der Waals surface area contributed by atoms with Crippen molar-refractivity contribution in [3.8, 4) is 0 Å². The van der Waals surface area contributed by atoms with Gasteiger partial charge in [-0.1, -0.05) is 0 Å². The van der Waals surface area contributed by atoms with Gasteiger partial charge in [-0.2, -0.15) is 11.8 Å². The molecule has 5 unspecified atom stereocenters. The second-order valence-corrected chi connectivity index (χ2v) is 8.18. The molecule has 4 aliphatic heterocycles. The van der Waals surface area contributed by atoms with E-state index in [1.807, 2.05) is 11.8 Å². The molecule has 118 valence electrons. The number of thioether (sulfide) groups is 1. The molecule has 4 rings (SSSR count). The predicted molar refractivity (Wildman–Crippen MR) is 84.5 cm³/mol. The van der Waals surface area contributed by atoms with Crippen LogP contribution >= 0.6 is 11.8 Å². The molecule has 1 N–H and O–H groups in total. The van der Waals surface area contributed by atoms with E-state index in [9.17, 15) is 4.79 Å². The number of nitrogens with one attached hydrogen (secondary N) is 1. The normalized spacial score (nSPS) is 41.8. The van der Waals surface area contributed by atoms with Crippen LogP contribution in [0.5, 0.6) is 0 Å². The monoisotopic (exact) mass is 310 g/mol. The van der Waals surface area contributed by atoms with Crippen LogP contribution in [-0.2, 0) is 9.53 Å². The fourth-order valence-electron chi connectivity index (χ4n) is 4.50. The molecule has 0 aliphatic carbocycles. The molecule has 5 atom stereocenters. The first-order valence-corrected chi connectivity index (χ1v) is 9.72. The number of carbonyl (C=O) groups is 1. The average Bonchev–Trinajstić information content (AvgIpc) is 3.29. The summed E-state index contributed by atoms with van der Waals surface area (Å²) in [6, 6.07) is 1.50. The Bertz CT molecular complexity index is 394. The molecule has 21 heavy (non-hydrogen) atoms. The van der Waals surface area contributed by atoms with E-state index in [1.165, 1.54) is 18.6 Å². The summed E-state index contributed by atoms with van der Waals surface area (Å²) in [4.78, 5) is 15.3. The summed E-state index contributed by atoms with van der Waals surface area (Å²) in [5.41, 5.74) is 0. The molecule has 4 aliphatic rings. The lowest BCUT2D eigenvalue weighted by atomic mass is 9.87. The number of carbonyl (C=O) groups excluding carboxylic acids is 1. The molecule has 0 aromatic carbocycles. The zero-order valence-electron chi connectivity index (χ0n) is 12.6. The van der Waals surface area contributed by atoms with E-state index in [0.29, 0.717) is 24.0 Å². The van der Waals surface area contributed by atoms with E-state index in [-0.39, 0.29) is 12.0 Å². The summed E-state index contributed by atoms with van der Waals surface area (Å²) in [7, 11) is 0. The van der Waals surface area contributed by atoms with Crippen LogP contribution in [0.4, 0.5) is 0 Å². The topological polar surface area (TPSA) is 41.6 Å². The molecule has 2 bridgehead atoms. The molecule has 4 nitrogen and oxygen atoms in total. The van der Waals surface area contributed by atoms with Gasteiger partial charge in [-0.05, 0) is 44.3 Å². The van der Waals surface area contributed by atoms with Gasteiger partial charge in [-0.3, -0.25) is 4.79 Å². The Morgan fingerprint density at radius 3 is 2.86 bits per heavy atom. The molecule has 4 saturated heterocycles. The molecule has 1 amide bonds. The number of ether oxygens (including phenoxy) is 1. The van der Waals surface area contributed by atoms with Crippen LogP contribution in [0.3, 0.4) is 0 Å². The number of nitrogens with zero attached hydrogens (tertiary/aromatic N) is 1. The minimum Gasteiger partial charge on any atom is -0.376 e. The predicted octanol–water partition coefficient (Wildman–Crippen LogP) is 1.64. The molecule has 0 radical (unpaired) electrons. The first-order valence-electron chi connectivity index (χ1n) is 8.57. The van der Waals surface area contributed by atoms with E-state index in [2.05, 4.69) is 10.2 Å². The summed E-state index contributed by atoms with van der Waals surface area (Å²) in [5.74, 6) is 2.97. The van der Waals surface area contributed by atoms with Crippen molar-refractivity contribution < 1.29 is 9.53 Å². The molecule has 0 spiro atoms. The van der Waals surface area contributed by atoms with Crippen LogP contribution in [0, 0.1) is 5.92 Å². The van der Waals surface area contributed by atoms with Crippen molar-refractivity contribution >= 4 is 17.7 Å². The quantitative estimate of drug-likeness (QED) is 0.857. The summed E-state index contributed by atoms with van der Waals surface area (Å²) in [5, 5.41) is 3.61. The van der Waals surface area contributed by atoms with Crippen LogP contribution in [0.15, 0.2) is 0 Å². The van der Waals surface area contributed by atoms with Crippen molar-refractivity contribution in [2.24, 2.45) is 5.92 Å². The number of hydrogen-bond acceptors (Lipinski definition) is 4. The van der Waals surface area contributed by atoms with Crippen molar-refractivity contribution in [3.05, 3.63) is 0 Å². The Morgan fingerprint density at radius 2 is 2.24 bits per heavy atom. The maximum Gasteiger partial charge on any atom is 0.227 e. The SMILES string of the molecule is O=C(C1CC2CCC1N2)N(CC1CCCO1)C1CCSC1. The summed E-state index contributed by atoms with van der Waals surface area (Å²) in [6.45, 7) is 1.71. The van der Waals surface area contributed by atoms with Crippen LogP contribution < -0.4 is 5.32 Å². The molecule has 0 aromatic heterocycles. The lowest BCUT2D eigenvalue weighted by Gasteiger charge is -2.34. The van der Waals surface area contributed by atoms with Crippen LogP contribution in [0.2, 0.25) is 0 Å². The maximum absolute atomic E-state index is 13.1. The Morgan fingerprint density at radius 1 is 1.29 bits per heavy atom. The Balaban J connectivity index is 1.46. The second-order valence-electron chi connectivity index (χ2n) is 7.03. The van der Waals surface area contributed by atoms with Crippen LogP contribution in [0.25, 0.3) is 0 Å². The lowest BCUT2D eigenvalue weighted by molar-refractivity contribution is -0.139. The van der Waals surface area contributed by atoms with Crippen LogP contribution in [-0.4, -0.2) is 59.7 Å². The minimum absolute atomic E-state index is 0.232. The van der Waals surface area contributed by atoms with Gasteiger partial charge in [0.05, 0.1) is 12.0 Å². The molecule has 5 heteroatoms. The van der Waals surface area contributed by atoms with E-state index in [4.69, 9.17) is 4.74 Å². The van der Waals surface area contributed by atoms with Crippen molar-refractivity contribution in [2.45, 2.75) is 62.8 Å². The van der Waals surface area contributed by atoms with E-state index >= 15 is 0 Å². The highest BCUT2D eigenvalue weighted by Gasteiger charge is 2.45. The largest absolute Gasteiger partial charge is 0.376 e. The van der Waals surface area contributed by atoms with Gasteiger partial charge in [-0.15, -0.1) is 0 Å². The van der Waals surface area contributed by atoms with Crippen molar-refractivity contribution in [1.29, 1.82) is 0 Å². The number of fused-ring (bicyclic) bond motifs is 2. The summed E-state index contributed by atoms with van der Waals surface area (Å²) < 4.78 is 5.80. The first-order chi connectivity index (χ1) is 10.3. The molecule has 0 aromatic rings. The van der Waals surface area contributed by atoms with Gasteiger partial charge in [0.25, 0.3) is 0 Å². The highest BCUT2D eigenvalue weighted by molar-refractivity contribution is 7.99. The average molecular weight is 310 g/mol. The second kappa shape index (κ2) is 6.09. The zero-order valence-corrected chi connectivity index (χ0v) is 13.4. The van der Waals surface area contributed by atoms with Gasteiger partial charge in [0, 0.05) is 37.0 Å². The lowest BCUT2D eigenvalue weighted by Crippen LogP contribution is -2.49. The smallest absolute Gasteiger partial charge is 0.227 e. The van der Waals surface area contributed by atoms with Crippen molar-refractivity contribution in [3.63, 3.8) is 0 Å². The summed E-state index contributed by atoms with van der Waals surface area (Å²) in [6.07, 6.45) is 7.24. The standard InChI is InChI=1S/C16H26N2O2S/c19-16(14-8-11-3-4-15(14)17-11)18(12-5-7-21-10-12)9-13-2-1-6-20-13/h11-15,17H,1-10H2. The van der Waals surface area contributed by atoms with Gasteiger partial charge >= 0.3 is 0 Å². The van der Waals surface area contributed by atoms with Crippen molar-refractivity contribution in [2.75, 3.05) is 24.7 Å². The fourth-order valence-corrected chi connectivity index (χ4v) is 5.73. The molecular formula is C16H26N2O2S. The van der Waals surface area contributed by atoms with Gasteiger partial charge in [0.1, 0.15) is 0 Å². The Hall–Kier alpha value is -0.260. The van der Waals surface area contributed by atoms with Crippen LogP contribution in [0.1, 0.15) is 38.5 Å². The third-order valence-electron chi connectivity index (χ3n) is 5.67. The fraction of sp³-hybridized carbons (Fsp3) is 0.938. The van der Waals surface area contributed by atoms with Gasteiger partial charge < -0.3 is 15.0 Å². The third-order valence-corrected chi connectivity index (χ3v) is 6.82. The Kier molecular flexibility index (Phi) is 4.16. The van der Waals surface area contributed by atoms with Gasteiger partial charge in [0.2, 0.25) is 5.91 Å². The van der Waals surface area contributed by atoms with Crippen molar-refractivity contribution in [1.82, 2.24) is 10.2 Å². The number of amides is 1. The first kappa shape index (κ1) is 14.3. The molecule has 4 fully saturated rings. The number of rotatable bonds is 4. The third kappa shape index (κ3) is 2.84. The van der Waals surface area contributed by atoms with E-state index in [0.717, 1.165) is 44.6 Å².